The molecule has 0 rings (SSSR count). The third kappa shape index (κ3) is 39.5. The second-order valence-corrected chi connectivity index (χ2v) is 19.6. The molecule has 0 fully saturated rings. The van der Waals surface area contributed by atoms with Crippen molar-refractivity contribution in [2.24, 2.45) is 0 Å². The fourth-order valence-corrected chi connectivity index (χ4v) is 8.70. The van der Waals surface area contributed by atoms with E-state index in [1.54, 1.807) is 0 Å². The van der Waals surface area contributed by atoms with E-state index in [9.17, 15) is 4.79 Å². The Morgan fingerprint density at radius 3 is 1.30 bits per heavy atom. The van der Waals surface area contributed by atoms with Crippen molar-refractivity contribution in [1.29, 1.82) is 0 Å². The van der Waals surface area contributed by atoms with Crippen LogP contribution in [0, 0.1) is 0 Å². The van der Waals surface area contributed by atoms with Crippen LogP contribution >= 0.6 is 58.0 Å². The molecule has 0 heterocycles. The molecule has 0 aromatic rings. The van der Waals surface area contributed by atoms with Crippen LogP contribution in [0.15, 0.2) is 0 Å². The Morgan fingerprint density at radius 2 is 0.811 bits per heavy atom. The number of halogens is 5. The molecule has 0 saturated carbocycles. The van der Waals surface area contributed by atoms with Gasteiger partial charge in [-0.15, -0.1) is 58.0 Å². The van der Waals surface area contributed by atoms with Crippen LogP contribution in [0.5, 0.6) is 0 Å². The lowest BCUT2D eigenvalue weighted by Gasteiger charge is -2.21. The maximum atomic E-state index is 12.9. The first-order valence-corrected chi connectivity index (χ1v) is 25.3. The second-order valence-electron chi connectivity index (χ2n) is 16.5. The molecule has 0 aliphatic rings. The van der Waals surface area contributed by atoms with Crippen LogP contribution in [0.1, 0.15) is 252 Å². The Hall–Kier alpha value is 0.920. The topological polar surface area (TPSA) is 26.3 Å². The standard InChI is InChI=1S/C46H87Cl5O2/c1-4-6-7-8-9-10-11-12-16-19-22-25-28-35-46(52)53-43(38-36-42(49)37-39-45(51)44(50)34-29-31-40(3)47)33-27-24-21-18-15-13-14-17-20-23-26-32-41(48)30-5-2/h40-45H,4-39H2,1-3H3. The average Bonchev–Trinajstić information content (AvgIpc) is 3.13. The lowest BCUT2D eigenvalue weighted by molar-refractivity contribution is -0.150. The normalized spacial score (nSPS) is 15.2. The van der Waals surface area contributed by atoms with Crippen LogP contribution in [0.4, 0.5) is 0 Å². The first-order chi connectivity index (χ1) is 25.7. The Kier molecular flexibility index (Phi) is 41.8. The largest absolute Gasteiger partial charge is 0.462 e. The van der Waals surface area contributed by atoms with Crippen LogP contribution in [-0.4, -0.2) is 39.0 Å². The van der Waals surface area contributed by atoms with E-state index in [1.165, 1.54) is 148 Å². The molecule has 0 aliphatic carbocycles. The van der Waals surface area contributed by atoms with E-state index in [0.29, 0.717) is 11.8 Å². The van der Waals surface area contributed by atoms with E-state index < -0.39 is 0 Å². The summed E-state index contributed by atoms with van der Waals surface area (Å²) in [6.07, 6.45) is 42.4. The lowest BCUT2D eigenvalue weighted by Crippen LogP contribution is -2.21. The van der Waals surface area contributed by atoms with Gasteiger partial charge in [-0.05, 0) is 77.6 Å². The summed E-state index contributed by atoms with van der Waals surface area (Å²) in [5, 5.41) is 0.431. The Balaban J connectivity index is 4.35. The molecule has 6 unspecified atom stereocenters. The van der Waals surface area contributed by atoms with Crippen LogP contribution in [-0.2, 0) is 9.53 Å². The van der Waals surface area contributed by atoms with Gasteiger partial charge < -0.3 is 4.74 Å². The zero-order valence-corrected chi connectivity index (χ0v) is 38.9. The summed E-state index contributed by atoms with van der Waals surface area (Å²) in [6, 6.07) is 0. The minimum absolute atomic E-state index is 0.0172. The van der Waals surface area contributed by atoms with Crippen molar-refractivity contribution in [2.75, 3.05) is 0 Å². The molecule has 6 atom stereocenters. The van der Waals surface area contributed by atoms with Gasteiger partial charge in [0, 0.05) is 33.3 Å². The fourth-order valence-electron chi connectivity index (χ4n) is 7.39. The summed E-state index contributed by atoms with van der Waals surface area (Å²) >= 11 is 32.4. The van der Waals surface area contributed by atoms with Crippen molar-refractivity contribution in [2.45, 2.75) is 285 Å². The number of ether oxygens (including phenoxy) is 1. The highest BCUT2D eigenvalue weighted by Gasteiger charge is 2.20. The minimum Gasteiger partial charge on any atom is -0.462 e. The van der Waals surface area contributed by atoms with Gasteiger partial charge in [-0.2, -0.15) is 0 Å². The van der Waals surface area contributed by atoms with E-state index in [2.05, 4.69) is 13.8 Å². The number of hydrogen-bond donors (Lipinski definition) is 0. The van der Waals surface area contributed by atoms with E-state index in [1.807, 2.05) is 6.92 Å². The Labute approximate surface area is 356 Å². The molecule has 0 bridgehead atoms. The van der Waals surface area contributed by atoms with Crippen molar-refractivity contribution in [3.63, 3.8) is 0 Å². The predicted octanol–water partition coefficient (Wildman–Crippen LogP) is 18.0. The van der Waals surface area contributed by atoms with Gasteiger partial charge in [0.15, 0.2) is 0 Å². The third-order valence-corrected chi connectivity index (χ3v) is 13.2. The molecule has 0 aromatic heterocycles. The third-order valence-electron chi connectivity index (χ3n) is 11.0. The summed E-state index contributed by atoms with van der Waals surface area (Å²) in [6.45, 7) is 6.51. The predicted molar refractivity (Wildman–Crippen MR) is 241 cm³/mol. The molecule has 2 nitrogen and oxygen atoms in total. The van der Waals surface area contributed by atoms with E-state index >= 15 is 0 Å². The smallest absolute Gasteiger partial charge is 0.306 e. The molecular formula is C46H87Cl5O2. The van der Waals surface area contributed by atoms with Crippen LogP contribution < -0.4 is 0 Å². The number of alkyl halides is 5. The van der Waals surface area contributed by atoms with Crippen molar-refractivity contribution < 1.29 is 9.53 Å². The average molecular weight is 849 g/mol. The van der Waals surface area contributed by atoms with E-state index in [0.717, 1.165) is 77.0 Å². The second kappa shape index (κ2) is 41.1. The lowest BCUT2D eigenvalue weighted by atomic mass is 10.00. The van der Waals surface area contributed by atoms with Gasteiger partial charge >= 0.3 is 5.97 Å². The molecule has 0 amide bonds. The minimum atomic E-state index is -0.0861. The number of carbonyl (C=O) groups is 1. The number of hydrogen-bond acceptors (Lipinski definition) is 2. The van der Waals surface area contributed by atoms with Crippen LogP contribution in [0.25, 0.3) is 0 Å². The SMILES string of the molecule is CCCCCCCCCCCCCCCC(=O)OC(CCCCCCCCCCCCCC(Cl)CCC)CCC(Cl)CCC(Cl)C(Cl)CCCC(C)Cl. The number of carbonyl (C=O) groups excluding carboxylic acids is 1. The van der Waals surface area contributed by atoms with Gasteiger partial charge in [-0.25, -0.2) is 0 Å². The highest BCUT2D eigenvalue weighted by Crippen LogP contribution is 2.26. The Bertz CT molecular complexity index is 753. The summed E-state index contributed by atoms with van der Waals surface area (Å²) in [5.74, 6) is -0.0234. The van der Waals surface area contributed by atoms with Crippen LogP contribution in [0.2, 0.25) is 0 Å². The Morgan fingerprint density at radius 1 is 0.396 bits per heavy atom. The highest BCUT2D eigenvalue weighted by atomic mass is 35.5. The molecule has 318 valence electrons. The summed E-state index contributed by atoms with van der Waals surface area (Å²) < 4.78 is 6.10. The molecular weight excluding hydrogens is 762 g/mol. The maximum Gasteiger partial charge on any atom is 0.306 e. The zero-order chi connectivity index (χ0) is 39.2. The van der Waals surface area contributed by atoms with Crippen LogP contribution in [0.3, 0.4) is 0 Å². The van der Waals surface area contributed by atoms with Crippen molar-refractivity contribution in [1.82, 2.24) is 0 Å². The monoisotopic (exact) mass is 847 g/mol. The molecule has 53 heavy (non-hydrogen) atoms. The van der Waals surface area contributed by atoms with Gasteiger partial charge in [0.1, 0.15) is 6.10 Å². The first kappa shape index (κ1) is 53.9. The summed E-state index contributed by atoms with van der Waals surface area (Å²) in [7, 11) is 0. The first-order valence-electron chi connectivity index (χ1n) is 23.1. The van der Waals surface area contributed by atoms with Gasteiger partial charge in [-0.1, -0.05) is 168 Å². The molecule has 0 spiro atoms. The number of unbranched alkanes of at least 4 members (excludes halogenated alkanes) is 22. The number of esters is 1. The van der Waals surface area contributed by atoms with Gasteiger partial charge in [-0.3, -0.25) is 4.79 Å². The van der Waals surface area contributed by atoms with E-state index in [-0.39, 0.29) is 33.6 Å². The molecule has 0 aromatic carbocycles. The summed E-state index contributed by atoms with van der Waals surface area (Å²) in [5.41, 5.74) is 0. The molecule has 0 N–H and O–H groups in total. The van der Waals surface area contributed by atoms with Gasteiger partial charge in [0.2, 0.25) is 0 Å². The molecule has 0 aliphatic heterocycles. The van der Waals surface area contributed by atoms with Gasteiger partial charge in [0.25, 0.3) is 0 Å². The van der Waals surface area contributed by atoms with E-state index in [4.69, 9.17) is 62.7 Å². The highest BCUT2D eigenvalue weighted by molar-refractivity contribution is 6.30. The molecule has 7 heteroatoms. The number of rotatable bonds is 42. The van der Waals surface area contributed by atoms with Crippen molar-refractivity contribution >= 4 is 64.0 Å². The van der Waals surface area contributed by atoms with Crippen molar-refractivity contribution in [3.05, 3.63) is 0 Å². The molecule has 0 radical (unpaired) electrons. The van der Waals surface area contributed by atoms with Gasteiger partial charge in [0.05, 0.1) is 0 Å². The maximum absolute atomic E-state index is 12.9. The fraction of sp³-hybridized carbons (Fsp3) is 0.978. The summed E-state index contributed by atoms with van der Waals surface area (Å²) in [4.78, 5) is 12.9. The quantitative estimate of drug-likeness (QED) is 0.0347. The van der Waals surface area contributed by atoms with Crippen molar-refractivity contribution in [3.8, 4) is 0 Å². The zero-order valence-electron chi connectivity index (χ0n) is 35.1. The molecule has 0 saturated heterocycles.